The first kappa shape index (κ1) is 13.6. The van der Waals surface area contributed by atoms with Crippen LogP contribution in [-0.4, -0.2) is 22.3 Å². The third-order valence-electron chi connectivity index (χ3n) is 2.09. The highest BCUT2D eigenvalue weighted by molar-refractivity contribution is 7.84. The lowest BCUT2D eigenvalue weighted by molar-refractivity contribution is 0.508. The van der Waals surface area contributed by atoms with Gasteiger partial charge in [0.25, 0.3) is 0 Å². The van der Waals surface area contributed by atoms with E-state index in [0.29, 0.717) is 5.75 Å². The third-order valence-corrected chi connectivity index (χ3v) is 3.06. The summed E-state index contributed by atoms with van der Waals surface area (Å²) in [7, 11) is -1.02. The van der Waals surface area contributed by atoms with Crippen molar-refractivity contribution in [3.05, 3.63) is 29.3 Å². The Balaban J connectivity index is 2.90. The Morgan fingerprint density at radius 3 is 2.65 bits per heavy atom. The highest BCUT2D eigenvalue weighted by Gasteiger charge is 2.14. The molecule has 0 aliphatic rings. The van der Waals surface area contributed by atoms with Crippen LogP contribution in [0.1, 0.15) is 12.5 Å². The van der Waals surface area contributed by atoms with Gasteiger partial charge < -0.3 is 5.32 Å². The van der Waals surface area contributed by atoms with Gasteiger partial charge in [-0.1, -0.05) is 0 Å². The number of hydrogen-bond acceptors (Lipinski definition) is 3. The SMILES string of the molecule is CC(CS(C)=O)Nc1ccc(C#N)c(F)c1F. The number of nitriles is 1. The first-order valence-electron chi connectivity index (χ1n) is 4.90. The number of anilines is 1. The fraction of sp³-hybridized carbons (Fsp3) is 0.364. The summed E-state index contributed by atoms with van der Waals surface area (Å²) in [4.78, 5) is 0. The van der Waals surface area contributed by atoms with E-state index in [0.717, 1.165) is 0 Å². The van der Waals surface area contributed by atoms with Crippen molar-refractivity contribution in [1.29, 1.82) is 5.26 Å². The second-order valence-electron chi connectivity index (χ2n) is 3.69. The van der Waals surface area contributed by atoms with Gasteiger partial charge in [0, 0.05) is 28.9 Å². The largest absolute Gasteiger partial charge is 0.379 e. The molecule has 2 unspecified atom stereocenters. The maximum absolute atomic E-state index is 13.5. The minimum Gasteiger partial charge on any atom is -0.379 e. The Morgan fingerprint density at radius 1 is 1.47 bits per heavy atom. The van der Waals surface area contributed by atoms with E-state index in [1.807, 2.05) is 0 Å². The number of halogens is 2. The molecular weight excluding hydrogens is 246 g/mol. The van der Waals surface area contributed by atoms with Crippen molar-refractivity contribution < 1.29 is 13.0 Å². The lowest BCUT2D eigenvalue weighted by Gasteiger charge is -2.14. The fourth-order valence-corrected chi connectivity index (χ4v) is 2.19. The number of nitrogens with zero attached hydrogens (tertiary/aromatic N) is 1. The molecule has 0 heterocycles. The standard InChI is InChI=1S/C11H12F2N2OS/c1-7(6-17(2)16)15-9-4-3-8(5-14)10(12)11(9)13/h3-4,7,15H,6H2,1-2H3. The maximum Gasteiger partial charge on any atom is 0.183 e. The van der Waals surface area contributed by atoms with Crippen molar-refractivity contribution >= 4 is 16.5 Å². The molecule has 0 fully saturated rings. The van der Waals surface area contributed by atoms with Crippen LogP contribution in [0.3, 0.4) is 0 Å². The lowest BCUT2D eigenvalue weighted by Crippen LogP contribution is -2.23. The fourth-order valence-electron chi connectivity index (χ4n) is 1.41. The Hall–Kier alpha value is -1.48. The Labute approximate surface area is 101 Å². The summed E-state index contributed by atoms with van der Waals surface area (Å²) in [5.74, 6) is -1.92. The highest BCUT2D eigenvalue weighted by Crippen LogP contribution is 2.20. The van der Waals surface area contributed by atoms with Gasteiger partial charge in [-0.15, -0.1) is 0 Å². The van der Waals surface area contributed by atoms with Gasteiger partial charge in [-0.25, -0.2) is 8.78 Å². The summed E-state index contributed by atoms with van der Waals surface area (Å²) in [6.45, 7) is 1.72. The van der Waals surface area contributed by atoms with Crippen LogP contribution in [0.4, 0.5) is 14.5 Å². The molecule has 17 heavy (non-hydrogen) atoms. The van der Waals surface area contributed by atoms with E-state index in [9.17, 15) is 13.0 Å². The second kappa shape index (κ2) is 5.73. The molecule has 0 radical (unpaired) electrons. The Bertz CT molecular complexity index is 485. The van der Waals surface area contributed by atoms with Crippen LogP contribution in [-0.2, 0) is 10.8 Å². The van der Waals surface area contributed by atoms with Crippen molar-refractivity contribution in [2.24, 2.45) is 0 Å². The van der Waals surface area contributed by atoms with Gasteiger partial charge in [0.05, 0.1) is 11.3 Å². The summed E-state index contributed by atoms with van der Waals surface area (Å²) in [5.41, 5.74) is -0.362. The van der Waals surface area contributed by atoms with Crippen LogP contribution in [0, 0.1) is 23.0 Å². The van der Waals surface area contributed by atoms with Crippen LogP contribution < -0.4 is 5.32 Å². The number of benzene rings is 1. The van der Waals surface area contributed by atoms with E-state index in [2.05, 4.69) is 5.32 Å². The molecule has 0 aliphatic heterocycles. The van der Waals surface area contributed by atoms with Crippen LogP contribution in [0.25, 0.3) is 0 Å². The predicted molar refractivity (Wildman–Crippen MR) is 63.1 cm³/mol. The third kappa shape index (κ3) is 3.49. The molecule has 1 aromatic carbocycles. The normalized spacial score (nSPS) is 13.8. The molecule has 6 heteroatoms. The minimum absolute atomic E-state index is 0.0283. The van der Waals surface area contributed by atoms with Gasteiger partial charge in [-0.3, -0.25) is 4.21 Å². The molecule has 0 bridgehead atoms. The zero-order valence-corrected chi connectivity index (χ0v) is 10.3. The molecule has 0 aliphatic carbocycles. The first-order valence-corrected chi connectivity index (χ1v) is 6.63. The smallest absolute Gasteiger partial charge is 0.183 e. The maximum atomic E-state index is 13.5. The monoisotopic (exact) mass is 258 g/mol. The molecule has 1 aromatic rings. The first-order chi connectivity index (χ1) is 7.95. The molecule has 2 atom stereocenters. The molecule has 3 nitrogen and oxygen atoms in total. The molecule has 0 aromatic heterocycles. The van der Waals surface area contributed by atoms with Gasteiger partial charge in [-0.2, -0.15) is 5.26 Å². The molecule has 1 N–H and O–H groups in total. The van der Waals surface area contributed by atoms with Crippen molar-refractivity contribution in [3.63, 3.8) is 0 Å². The number of nitrogens with one attached hydrogen (secondary N) is 1. The molecule has 0 spiro atoms. The van der Waals surface area contributed by atoms with Gasteiger partial charge in [0.1, 0.15) is 6.07 Å². The van der Waals surface area contributed by atoms with Crippen molar-refractivity contribution in [1.82, 2.24) is 0 Å². The van der Waals surface area contributed by atoms with Crippen LogP contribution >= 0.6 is 0 Å². The lowest BCUT2D eigenvalue weighted by atomic mass is 10.2. The Morgan fingerprint density at radius 2 is 2.12 bits per heavy atom. The highest BCUT2D eigenvalue weighted by atomic mass is 32.2. The van der Waals surface area contributed by atoms with Gasteiger partial charge in [0.2, 0.25) is 0 Å². The predicted octanol–water partition coefficient (Wildman–Crippen LogP) is 2.02. The zero-order valence-electron chi connectivity index (χ0n) is 9.46. The van der Waals surface area contributed by atoms with Gasteiger partial charge in [0.15, 0.2) is 11.6 Å². The topological polar surface area (TPSA) is 52.9 Å². The van der Waals surface area contributed by atoms with E-state index in [-0.39, 0.29) is 17.3 Å². The Kier molecular flexibility index (Phi) is 4.58. The van der Waals surface area contributed by atoms with E-state index in [4.69, 9.17) is 5.26 Å². The van der Waals surface area contributed by atoms with Gasteiger partial charge >= 0.3 is 0 Å². The van der Waals surface area contributed by atoms with Crippen molar-refractivity contribution in [3.8, 4) is 6.07 Å². The molecule has 92 valence electrons. The van der Waals surface area contributed by atoms with Gasteiger partial charge in [-0.05, 0) is 19.1 Å². The summed E-state index contributed by atoms with van der Waals surface area (Å²) < 4.78 is 37.7. The van der Waals surface area contributed by atoms with Crippen LogP contribution in [0.2, 0.25) is 0 Å². The van der Waals surface area contributed by atoms with E-state index in [1.54, 1.807) is 13.0 Å². The van der Waals surface area contributed by atoms with Crippen molar-refractivity contribution in [2.45, 2.75) is 13.0 Å². The van der Waals surface area contributed by atoms with E-state index in [1.165, 1.54) is 18.4 Å². The van der Waals surface area contributed by atoms with E-state index >= 15 is 0 Å². The molecule has 0 saturated heterocycles. The summed E-state index contributed by atoms with van der Waals surface area (Å²) >= 11 is 0. The summed E-state index contributed by atoms with van der Waals surface area (Å²) in [6.07, 6.45) is 1.54. The van der Waals surface area contributed by atoms with Crippen molar-refractivity contribution in [2.75, 3.05) is 17.3 Å². The molecular formula is C11H12F2N2OS. The summed E-state index contributed by atoms with van der Waals surface area (Å²) in [5, 5.41) is 11.2. The van der Waals surface area contributed by atoms with Crippen LogP contribution in [0.5, 0.6) is 0 Å². The summed E-state index contributed by atoms with van der Waals surface area (Å²) in [6, 6.07) is 3.81. The average molecular weight is 258 g/mol. The number of hydrogen-bond donors (Lipinski definition) is 1. The molecule has 0 saturated carbocycles. The quantitative estimate of drug-likeness (QED) is 0.898. The molecule has 0 amide bonds. The number of rotatable bonds is 4. The minimum atomic E-state index is -1.16. The molecule has 1 rings (SSSR count). The van der Waals surface area contributed by atoms with E-state index < -0.39 is 22.4 Å². The van der Waals surface area contributed by atoms with Crippen LogP contribution in [0.15, 0.2) is 12.1 Å². The average Bonchev–Trinajstić information content (AvgIpc) is 2.24. The zero-order chi connectivity index (χ0) is 13.0. The second-order valence-corrected chi connectivity index (χ2v) is 5.17.